The molecule has 1 heterocycles. The number of pyridine rings is 1. The highest BCUT2D eigenvalue weighted by molar-refractivity contribution is 6.31. The van der Waals surface area contributed by atoms with Crippen LogP contribution < -0.4 is 10.2 Å². The van der Waals surface area contributed by atoms with Gasteiger partial charge in [0.05, 0.1) is 12.1 Å². The smallest absolute Gasteiger partial charge is 0.0823 e. The lowest BCUT2D eigenvalue weighted by Crippen LogP contribution is -2.37. The van der Waals surface area contributed by atoms with Crippen LogP contribution in [-0.4, -0.2) is 49.2 Å². The molecule has 4 aromatic rings. The molecule has 180 valence electrons. The first kappa shape index (κ1) is 24.6. The number of nitroso groups, excluding NO2 is 1. The Balaban J connectivity index is 1.42. The first-order valence-corrected chi connectivity index (χ1v) is 12.3. The van der Waals surface area contributed by atoms with Crippen LogP contribution in [0.5, 0.6) is 0 Å². The highest BCUT2D eigenvalue weighted by atomic mass is 35.5. The van der Waals surface area contributed by atoms with E-state index in [1.165, 1.54) is 0 Å². The Bertz CT molecular complexity index is 1170. The normalized spacial score (nSPS) is 11.0. The molecule has 35 heavy (non-hydrogen) atoms. The van der Waals surface area contributed by atoms with Crippen molar-refractivity contribution >= 4 is 39.6 Å². The lowest BCUT2D eigenvalue weighted by atomic mass is 10.2. The first-order chi connectivity index (χ1) is 17.2. The molecule has 0 atom stereocenters. The van der Waals surface area contributed by atoms with Gasteiger partial charge in [0.1, 0.15) is 0 Å². The maximum atomic E-state index is 10.7. The topological polar surface area (TPSA) is 60.8 Å². The van der Waals surface area contributed by atoms with Gasteiger partial charge in [-0.3, -0.25) is 9.88 Å². The molecule has 0 bridgehead atoms. The summed E-state index contributed by atoms with van der Waals surface area (Å²) >= 11 is 6.13. The van der Waals surface area contributed by atoms with Crippen molar-refractivity contribution < 1.29 is 0 Å². The van der Waals surface area contributed by atoms with E-state index in [-0.39, 0.29) is 0 Å². The molecular weight excluding hydrogens is 458 g/mol. The molecule has 0 aliphatic rings. The molecule has 1 aromatic heterocycles. The van der Waals surface area contributed by atoms with Gasteiger partial charge in [-0.05, 0) is 55.0 Å². The predicted molar refractivity (Wildman–Crippen MR) is 147 cm³/mol. The van der Waals surface area contributed by atoms with E-state index in [1.807, 2.05) is 36.4 Å². The third-order valence-electron chi connectivity index (χ3n) is 5.95. The van der Waals surface area contributed by atoms with Crippen molar-refractivity contribution in [3.05, 3.63) is 101 Å². The molecule has 0 radical (unpaired) electrons. The standard InChI is InChI=1S/C28H30ClN5O/c29-23-12-13-26-27(14-16-30-28(26)22-23)31-17-19-33(18-7-15-32-35)20-21-34(24-8-3-1-4-9-24)25-10-5-2-6-11-25/h1-6,8-14,16,22H,7,15,17-21H2,(H,30,31). The van der Waals surface area contributed by atoms with Crippen LogP contribution in [0.1, 0.15) is 6.42 Å². The van der Waals surface area contributed by atoms with Crippen LogP contribution in [-0.2, 0) is 0 Å². The second-order valence-electron chi connectivity index (χ2n) is 8.32. The van der Waals surface area contributed by atoms with Crippen LogP contribution in [0.15, 0.2) is 96.3 Å². The van der Waals surface area contributed by atoms with Gasteiger partial charge in [-0.1, -0.05) is 53.2 Å². The van der Waals surface area contributed by atoms with Crippen LogP contribution in [0.2, 0.25) is 5.02 Å². The number of para-hydroxylation sites is 2. The second-order valence-corrected chi connectivity index (χ2v) is 8.75. The summed E-state index contributed by atoms with van der Waals surface area (Å²) in [5.74, 6) is 0. The molecule has 4 rings (SSSR count). The molecule has 0 spiro atoms. The van der Waals surface area contributed by atoms with Crippen molar-refractivity contribution in [2.75, 3.05) is 49.5 Å². The first-order valence-electron chi connectivity index (χ1n) is 11.9. The number of nitrogens with zero attached hydrogens (tertiary/aromatic N) is 4. The minimum absolute atomic E-state index is 0.334. The molecule has 6 nitrogen and oxygen atoms in total. The van der Waals surface area contributed by atoms with Crippen LogP contribution in [0, 0.1) is 4.91 Å². The molecule has 0 amide bonds. The van der Waals surface area contributed by atoms with Gasteiger partial charge in [0.2, 0.25) is 0 Å². The van der Waals surface area contributed by atoms with E-state index in [9.17, 15) is 4.91 Å². The van der Waals surface area contributed by atoms with Gasteiger partial charge in [-0.2, -0.15) is 4.91 Å². The largest absolute Gasteiger partial charge is 0.383 e. The van der Waals surface area contributed by atoms with Crippen LogP contribution in [0.25, 0.3) is 10.9 Å². The van der Waals surface area contributed by atoms with Crippen molar-refractivity contribution in [2.24, 2.45) is 5.18 Å². The van der Waals surface area contributed by atoms with E-state index in [4.69, 9.17) is 11.6 Å². The van der Waals surface area contributed by atoms with Crippen molar-refractivity contribution in [3.8, 4) is 0 Å². The zero-order chi connectivity index (χ0) is 24.3. The number of hydrogen-bond acceptors (Lipinski definition) is 6. The summed E-state index contributed by atoms with van der Waals surface area (Å²) in [7, 11) is 0. The average Bonchev–Trinajstić information content (AvgIpc) is 2.89. The number of halogens is 1. The SMILES string of the molecule is O=NCCCN(CCNc1ccnc2cc(Cl)ccc12)CCN(c1ccccc1)c1ccccc1. The number of hydrogen-bond donors (Lipinski definition) is 1. The molecule has 0 saturated carbocycles. The van der Waals surface area contributed by atoms with Gasteiger partial charge in [-0.15, -0.1) is 0 Å². The van der Waals surface area contributed by atoms with Crippen LogP contribution in [0.3, 0.4) is 0 Å². The molecule has 0 fully saturated rings. The zero-order valence-electron chi connectivity index (χ0n) is 19.7. The monoisotopic (exact) mass is 487 g/mol. The number of aromatic nitrogens is 1. The Kier molecular flexibility index (Phi) is 9.04. The summed E-state index contributed by atoms with van der Waals surface area (Å²) in [6.07, 6.45) is 2.54. The number of nitrogens with one attached hydrogen (secondary N) is 1. The number of rotatable bonds is 13. The van der Waals surface area contributed by atoms with E-state index in [0.29, 0.717) is 11.6 Å². The number of benzene rings is 3. The lowest BCUT2D eigenvalue weighted by Gasteiger charge is -2.29. The summed E-state index contributed by atoms with van der Waals surface area (Å²) in [4.78, 5) is 19.8. The summed E-state index contributed by atoms with van der Waals surface area (Å²) in [5, 5.41) is 8.33. The fourth-order valence-corrected chi connectivity index (χ4v) is 4.35. The maximum absolute atomic E-state index is 10.7. The molecule has 1 N–H and O–H groups in total. The van der Waals surface area contributed by atoms with E-state index >= 15 is 0 Å². The summed E-state index contributed by atoms with van der Waals surface area (Å²) in [6, 6.07) is 28.6. The Morgan fingerprint density at radius 1 is 0.829 bits per heavy atom. The molecular formula is C28H30ClN5O. The highest BCUT2D eigenvalue weighted by Crippen LogP contribution is 2.25. The summed E-state index contributed by atoms with van der Waals surface area (Å²) in [6.45, 7) is 4.45. The van der Waals surface area contributed by atoms with Gasteiger partial charge >= 0.3 is 0 Å². The Morgan fingerprint density at radius 2 is 1.54 bits per heavy atom. The van der Waals surface area contributed by atoms with Crippen molar-refractivity contribution in [1.29, 1.82) is 0 Å². The Hall–Kier alpha value is -3.48. The fraction of sp³-hybridized carbons (Fsp3) is 0.250. The number of fused-ring (bicyclic) bond motifs is 1. The van der Waals surface area contributed by atoms with E-state index in [0.717, 1.165) is 67.1 Å². The quantitative estimate of drug-likeness (QED) is 0.170. The van der Waals surface area contributed by atoms with Crippen molar-refractivity contribution in [2.45, 2.75) is 6.42 Å². The molecule has 7 heteroatoms. The molecule has 0 aliphatic carbocycles. The van der Waals surface area contributed by atoms with Gasteiger partial charge in [0, 0.05) is 66.4 Å². The van der Waals surface area contributed by atoms with Gasteiger partial charge in [0.25, 0.3) is 0 Å². The predicted octanol–water partition coefficient (Wildman–Crippen LogP) is 6.60. The number of anilines is 3. The van der Waals surface area contributed by atoms with Gasteiger partial charge in [-0.25, -0.2) is 0 Å². The summed E-state index contributed by atoms with van der Waals surface area (Å²) in [5.41, 5.74) is 4.23. The Labute approximate surface area is 211 Å². The molecule has 3 aromatic carbocycles. The van der Waals surface area contributed by atoms with Gasteiger partial charge in [0.15, 0.2) is 0 Å². The molecule has 0 aliphatic heterocycles. The van der Waals surface area contributed by atoms with Crippen LogP contribution in [0.4, 0.5) is 17.1 Å². The van der Waals surface area contributed by atoms with E-state index in [2.05, 4.69) is 73.8 Å². The third-order valence-corrected chi connectivity index (χ3v) is 6.18. The third kappa shape index (κ3) is 7.01. The highest BCUT2D eigenvalue weighted by Gasteiger charge is 2.12. The molecule has 0 unspecified atom stereocenters. The summed E-state index contributed by atoms with van der Waals surface area (Å²) < 4.78 is 0. The zero-order valence-corrected chi connectivity index (χ0v) is 20.4. The Morgan fingerprint density at radius 3 is 2.23 bits per heavy atom. The van der Waals surface area contributed by atoms with E-state index < -0.39 is 0 Å². The van der Waals surface area contributed by atoms with Crippen LogP contribution >= 0.6 is 11.6 Å². The van der Waals surface area contributed by atoms with Gasteiger partial charge < -0.3 is 10.2 Å². The van der Waals surface area contributed by atoms with Crippen molar-refractivity contribution in [1.82, 2.24) is 9.88 Å². The fourth-order valence-electron chi connectivity index (χ4n) is 4.18. The minimum atomic E-state index is 0.334. The lowest BCUT2D eigenvalue weighted by molar-refractivity contribution is 0.289. The van der Waals surface area contributed by atoms with E-state index in [1.54, 1.807) is 6.20 Å². The minimum Gasteiger partial charge on any atom is -0.383 e. The average molecular weight is 488 g/mol. The van der Waals surface area contributed by atoms with Crippen molar-refractivity contribution in [3.63, 3.8) is 0 Å². The maximum Gasteiger partial charge on any atom is 0.0823 e. The second kappa shape index (κ2) is 12.8. The molecule has 0 saturated heterocycles.